The van der Waals surface area contributed by atoms with Gasteiger partial charge in [-0.1, -0.05) is 44.0 Å². The second-order valence-corrected chi connectivity index (χ2v) is 6.25. The Balaban J connectivity index is 2.58. The second-order valence-electron chi connectivity index (χ2n) is 5.50. The van der Waals surface area contributed by atoms with Crippen molar-refractivity contribution in [3.05, 3.63) is 21.9 Å². The molecule has 0 aliphatic rings. The Morgan fingerprint density at radius 3 is 2.63 bits per heavy atom. The number of hydrogen-bond donors (Lipinski definition) is 2. The lowest BCUT2D eigenvalue weighted by molar-refractivity contribution is 0.0868. The van der Waals surface area contributed by atoms with Gasteiger partial charge in [0.15, 0.2) is 10.3 Å². The zero-order chi connectivity index (χ0) is 14.6. The topological polar surface area (TPSA) is 75.1 Å². The molecule has 1 aromatic rings. The summed E-state index contributed by atoms with van der Waals surface area (Å²) in [7, 11) is 0. The summed E-state index contributed by atoms with van der Waals surface area (Å²) >= 11 is 11.4. The number of rotatable bonds is 4. The predicted octanol–water partition coefficient (Wildman–Crippen LogP) is 2.31. The van der Waals surface area contributed by atoms with E-state index in [2.05, 4.69) is 15.5 Å². The largest absolute Gasteiger partial charge is 0.391 e. The number of amides is 1. The first kappa shape index (κ1) is 16.1. The molecule has 0 saturated carbocycles. The van der Waals surface area contributed by atoms with Gasteiger partial charge in [-0.3, -0.25) is 4.79 Å². The van der Waals surface area contributed by atoms with Crippen molar-refractivity contribution in [1.29, 1.82) is 0 Å². The highest BCUT2D eigenvalue weighted by Gasteiger charge is 2.18. The number of halogens is 2. The fourth-order valence-corrected chi connectivity index (χ4v) is 1.92. The molecular formula is C12H17Cl2N3O2. The van der Waals surface area contributed by atoms with Crippen molar-refractivity contribution in [2.45, 2.75) is 33.3 Å². The van der Waals surface area contributed by atoms with Gasteiger partial charge in [-0.05, 0) is 17.9 Å². The first-order valence-corrected chi connectivity index (χ1v) is 6.59. The minimum absolute atomic E-state index is 0.0106. The highest BCUT2D eigenvalue weighted by Crippen LogP contribution is 2.20. The Morgan fingerprint density at radius 2 is 2.05 bits per heavy atom. The molecule has 1 aromatic heterocycles. The Kier molecular flexibility index (Phi) is 5.52. The van der Waals surface area contributed by atoms with Crippen molar-refractivity contribution < 1.29 is 9.90 Å². The number of nitrogens with zero attached hydrogens (tertiary/aromatic N) is 2. The van der Waals surface area contributed by atoms with Gasteiger partial charge >= 0.3 is 0 Å². The summed E-state index contributed by atoms with van der Waals surface area (Å²) in [4.78, 5) is 11.9. The number of carbonyl (C=O) groups is 1. The number of aromatic nitrogens is 2. The lowest BCUT2D eigenvalue weighted by Gasteiger charge is -2.22. The molecule has 1 rings (SSSR count). The van der Waals surface area contributed by atoms with E-state index >= 15 is 0 Å². The van der Waals surface area contributed by atoms with E-state index in [9.17, 15) is 9.90 Å². The van der Waals surface area contributed by atoms with Crippen LogP contribution in [0, 0.1) is 5.41 Å². The minimum Gasteiger partial charge on any atom is -0.391 e. The van der Waals surface area contributed by atoms with Crippen LogP contribution in [0.3, 0.4) is 0 Å². The average Bonchev–Trinajstić information content (AvgIpc) is 2.27. The quantitative estimate of drug-likeness (QED) is 0.895. The number of aliphatic hydroxyl groups excluding tert-OH is 1. The van der Waals surface area contributed by atoms with Crippen LogP contribution in [0.15, 0.2) is 6.07 Å². The number of aliphatic hydroxyl groups is 1. The van der Waals surface area contributed by atoms with Crippen LogP contribution in [0.4, 0.5) is 0 Å². The van der Waals surface area contributed by atoms with E-state index in [-0.39, 0.29) is 27.8 Å². The summed E-state index contributed by atoms with van der Waals surface area (Å²) in [6, 6.07) is 1.34. The Hall–Kier alpha value is -0.910. The standard InChI is InChI=1S/C12H17Cl2N3O2/c1-12(2,3)5-7(18)6-15-11(19)8-4-9(13)16-17-10(8)14/h4,7,18H,5-6H2,1-3H3,(H,15,19). The van der Waals surface area contributed by atoms with E-state index in [0.717, 1.165) is 0 Å². The van der Waals surface area contributed by atoms with Gasteiger partial charge in [0.05, 0.1) is 11.7 Å². The van der Waals surface area contributed by atoms with Gasteiger partial charge in [0.25, 0.3) is 5.91 Å². The zero-order valence-corrected chi connectivity index (χ0v) is 12.6. The van der Waals surface area contributed by atoms with Crippen LogP contribution in [0.1, 0.15) is 37.6 Å². The second kappa shape index (κ2) is 6.50. The molecule has 0 fully saturated rings. The molecule has 1 heterocycles. The van der Waals surface area contributed by atoms with Crippen molar-refractivity contribution in [2.24, 2.45) is 5.41 Å². The fourth-order valence-electron chi connectivity index (χ4n) is 1.60. The molecule has 7 heteroatoms. The molecule has 0 radical (unpaired) electrons. The Bertz CT molecular complexity index is 461. The molecule has 0 aliphatic heterocycles. The summed E-state index contributed by atoms with van der Waals surface area (Å²) in [5.41, 5.74) is 0.133. The molecule has 0 saturated heterocycles. The highest BCUT2D eigenvalue weighted by atomic mass is 35.5. The lowest BCUT2D eigenvalue weighted by atomic mass is 9.89. The fraction of sp³-hybridized carbons (Fsp3) is 0.583. The molecule has 19 heavy (non-hydrogen) atoms. The van der Waals surface area contributed by atoms with E-state index in [1.807, 2.05) is 20.8 Å². The summed E-state index contributed by atoms with van der Waals surface area (Å²) < 4.78 is 0. The third-order valence-electron chi connectivity index (χ3n) is 2.31. The van der Waals surface area contributed by atoms with Crippen LogP contribution < -0.4 is 5.32 Å². The molecule has 0 aromatic carbocycles. The normalized spacial score (nSPS) is 13.2. The Labute approximate surface area is 122 Å². The van der Waals surface area contributed by atoms with Gasteiger partial charge in [-0.25, -0.2) is 0 Å². The molecule has 0 bridgehead atoms. The summed E-state index contributed by atoms with van der Waals surface area (Å²) in [6.45, 7) is 6.19. The predicted molar refractivity (Wildman–Crippen MR) is 74.5 cm³/mol. The zero-order valence-electron chi connectivity index (χ0n) is 11.1. The number of nitrogens with one attached hydrogen (secondary N) is 1. The van der Waals surface area contributed by atoms with Crippen LogP contribution in [0.2, 0.25) is 10.3 Å². The molecule has 0 spiro atoms. The van der Waals surface area contributed by atoms with Gasteiger partial charge in [0, 0.05) is 6.54 Å². The maximum atomic E-state index is 11.9. The first-order chi connectivity index (χ1) is 8.69. The molecule has 1 unspecified atom stereocenters. The third-order valence-corrected chi connectivity index (χ3v) is 2.77. The molecule has 0 aliphatic carbocycles. The van der Waals surface area contributed by atoms with Crippen molar-refractivity contribution in [2.75, 3.05) is 6.54 Å². The van der Waals surface area contributed by atoms with Crippen LogP contribution in [0.25, 0.3) is 0 Å². The molecule has 106 valence electrons. The minimum atomic E-state index is -0.618. The summed E-state index contributed by atoms with van der Waals surface area (Å²) in [6.07, 6.45) is -0.0379. The SMILES string of the molecule is CC(C)(C)CC(O)CNC(=O)c1cc(Cl)nnc1Cl. The maximum Gasteiger partial charge on any atom is 0.254 e. The molecule has 2 N–H and O–H groups in total. The van der Waals surface area contributed by atoms with Gasteiger partial charge in [-0.15, -0.1) is 10.2 Å². The van der Waals surface area contributed by atoms with Crippen LogP contribution in [0.5, 0.6) is 0 Å². The van der Waals surface area contributed by atoms with E-state index in [1.165, 1.54) is 6.07 Å². The van der Waals surface area contributed by atoms with Crippen molar-refractivity contribution in [1.82, 2.24) is 15.5 Å². The average molecular weight is 306 g/mol. The van der Waals surface area contributed by atoms with Crippen molar-refractivity contribution in [3.8, 4) is 0 Å². The van der Waals surface area contributed by atoms with E-state index in [1.54, 1.807) is 0 Å². The maximum absolute atomic E-state index is 11.9. The van der Waals surface area contributed by atoms with Gasteiger partial charge in [0.2, 0.25) is 0 Å². The van der Waals surface area contributed by atoms with Crippen molar-refractivity contribution >= 4 is 29.1 Å². The van der Waals surface area contributed by atoms with E-state index in [0.29, 0.717) is 6.42 Å². The third kappa shape index (κ3) is 5.72. The summed E-state index contributed by atoms with van der Waals surface area (Å²) in [5, 5.41) is 19.5. The Morgan fingerprint density at radius 1 is 1.42 bits per heavy atom. The van der Waals surface area contributed by atoms with Gasteiger partial charge in [-0.2, -0.15) is 0 Å². The smallest absolute Gasteiger partial charge is 0.254 e. The molecule has 1 amide bonds. The molecule has 1 atom stereocenters. The monoisotopic (exact) mass is 305 g/mol. The van der Waals surface area contributed by atoms with Crippen LogP contribution in [-0.4, -0.2) is 33.9 Å². The summed E-state index contributed by atoms with van der Waals surface area (Å²) in [5.74, 6) is -0.435. The first-order valence-electron chi connectivity index (χ1n) is 5.84. The number of carbonyl (C=O) groups excluding carboxylic acids is 1. The van der Waals surface area contributed by atoms with Crippen LogP contribution >= 0.6 is 23.2 Å². The van der Waals surface area contributed by atoms with E-state index in [4.69, 9.17) is 23.2 Å². The highest BCUT2D eigenvalue weighted by molar-refractivity contribution is 6.34. The lowest BCUT2D eigenvalue weighted by Crippen LogP contribution is -2.34. The number of hydrogen-bond acceptors (Lipinski definition) is 4. The van der Waals surface area contributed by atoms with Crippen molar-refractivity contribution in [3.63, 3.8) is 0 Å². The van der Waals surface area contributed by atoms with Gasteiger partial charge in [0.1, 0.15) is 0 Å². The molecular weight excluding hydrogens is 289 g/mol. The molecule has 5 nitrogen and oxygen atoms in total. The van der Waals surface area contributed by atoms with E-state index < -0.39 is 12.0 Å². The van der Waals surface area contributed by atoms with Gasteiger partial charge < -0.3 is 10.4 Å². The van der Waals surface area contributed by atoms with Crippen LogP contribution in [-0.2, 0) is 0 Å².